The van der Waals surface area contributed by atoms with Gasteiger partial charge in [0.2, 0.25) is 0 Å². The summed E-state index contributed by atoms with van der Waals surface area (Å²) in [7, 11) is 0. The summed E-state index contributed by atoms with van der Waals surface area (Å²) in [4.78, 5) is 4.44. The zero-order valence-electron chi connectivity index (χ0n) is 13.7. The van der Waals surface area contributed by atoms with Crippen LogP contribution >= 0.6 is 0 Å². The van der Waals surface area contributed by atoms with Crippen LogP contribution in [-0.4, -0.2) is 11.2 Å². The Morgan fingerprint density at radius 1 is 1.13 bits per heavy atom. The second kappa shape index (κ2) is 9.04. The van der Waals surface area contributed by atoms with E-state index in [0.717, 1.165) is 36.1 Å². The van der Waals surface area contributed by atoms with Gasteiger partial charge in [-0.15, -0.1) is 6.58 Å². The highest BCUT2D eigenvalue weighted by molar-refractivity contribution is 5.65. The Kier molecular flexibility index (Phi) is 6.74. The van der Waals surface area contributed by atoms with E-state index >= 15 is 0 Å². The number of rotatable bonds is 8. The minimum atomic E-state index is -0.700. The first-order chi connectivity index (χ1) is 11.2. The normalized spacial score (nSPS) is 12.4. The fourth-order valence-electron chi connectivity index (χ4n) is 2.39. The van der Waals surface area contributed by atoms with Crippen molar-refractivity contribution in [2.45, 2.75) is 38.8 Å². The molecule has 1 unspecified atom stereocenters. The number of hydrogen-bond acceptors (Lipinski definition) is 1. The summed E-state index contributed by atoms with van der Waals surface area (Å²) in [5.74, 6) is 0. The summed E-state index contributed by atoms with van der Waals surface area (Å²) in [6.07, 6.45) is 10.5. The molecule has 0 bridgehead atoms. The molecule has 0 saturated heterocycles. The van der Waals surface area contributed by atoms with Crippen molar-refractivity contribution in [2.75, 3.05) is 0 Å². The summed E-state index contributed by atoms with van der Waals surface area (Å²) in [6, 6.07) is 12.5. The van der Waals surface area contributed by atoms with E-state index in [-0.39, 0.29) is 0 Å². The van der Waals surface area contributed by atoms with Crippen LogP contribution in [0.2, 0.25) is 0 Å². The third kappa shape index (κ3) is 5.82. The molecule has 1 aromatic heterocycles. The molecule has 1 heterocycles. The van der Waals surface area contributed by atoms with Crippen molar-refractivity contribution in [1.29, 1.82) is 0 Å². The largest absolute Gasteiger partial charge is 0.260 e. The van der Waals surface area contributed by atoms with Crippen LogP contribution in [0, 0.1) is 0 Å². The van der Waals surface area contributed by atoms with Gasteiger partial charge in [0, 0.05) is 23.9 Å². The van der Waals surface area contributed by atoms with Crippen LogP contribution in [0.3, 0.4) is 0 Å². The molecule has 1 aromatic carbocycles. The van der Waals surface area contributed by atoms with Crippen molar-refractivity contribution in [3.63, 3.8) is 0 Å². The minimum Gasteiger partial charge on any atom is -0.260 e. The molecular formula is C21H24FN. The number of benzene rings is 1. The smallest absolute Gasteiger partial charge is 0.0973 e. The van der Waals surface area contributed by atoms with Gasteiger partial charge in [0.1, 0.15) is 0 Å². The summed E-state index contributed by atoms with van der Waals surface area (Å²) in [5, 5.41) is 0. The van der Waals surface area contributed by atoms with Gasteiger partial charge in [-0.25, -0.2) is 4.39 Å². The summed E-state index contributed by atoms with van der Waals surface area (Å²) in [5.41, 5.74) is 4.47. The fourth-order valence-corrected chi connectivity index (χ4v) is 2.39. The molecule has 1 nitrogen and oxygen atoms in total. The lowest BCUT2D eigenvalue weighted by molar-refractivity contribution is 0.335. The molecule has 0 spiro atoms. The highest BCUT2D eigenvalue weighted by atomic mass is 19.1. The van der Waals surface area contributed by atoms with Crippen LogP contribution in [0.1, 0.15) is 37.4 Å². The molecule has 23 heavy (non-hydrogen) atoms. The molecular weight excluding hydrogens is 285 g/mol. The maximum absolute atomic E-state index is 12.7. The van der Waals surface area contributed by atoms with Gasteiger partial charge in [-0.05, 0) is 43.4 Å². The quantitative estimate of drug-likeness (QED) is 0.429. The van der Waals surface area contributed by atoms with Gasteiger partial charge < -0.3 is 0 Å². The van der Waals surface area contributed by atoms with Gasteiger partial charge in [-0.2, -0.15) is 0 Å². The van der Waals surface area contributed by atoms with Gasteiger partial charge in [-0.1, -0.05) is 48.6 Å². The Labute approximate surface area is 138 Å². The van der Waals surface area contributed by atoms with Crippen LogP contribution < -0.4 is 0 Å². The van der Waals surface area contributed by atoms with Crippen LogP contribution in [0.15, 0.2) is 61.3 Å². The second-order valence-electron chi connectivity index (χ2n) is 5.77. The van der Waals surface area contributed by atoms with Crippen molar-refractivity contribution in [2.24, 2.45) is 0 Å². The van der Waals surface area contributed by atoms with E-state index in [9.17, 15) is 4.39 Å². The maximum Gasteiger partial charge on any atom is 0.0973 e. The van der Waals surface area contributed by atoms with Crippen molar-refractivity contribution in [3.8, 4) is 11.1 Å². The van der Waals surface area contributed by atoms with Gasteiger partial charge in [0.05, 0.1) is 6.17 Å². The number of halogens is 1. The van der Waals surface area contributed by atoms with Crippen LogP contribution in [-0.2, 0) is 6.42 Å². The third-order valence-corrected chi connectivity index (χ3v) is 3.71. The van der Waals surface area contributed by atoms with Crippen LogP contribution in [0.5, 0.6) is 0 Å². The van der Waals surface area contributed by atoms with Gasteiger partial charge >= 0.3 is 0 Å². The first kappa shape index (κ1) is 17.1. The zero-order chi connectivity index (χ0) is 16.5. The Morgan fingerprint density at radius 2 is 1.87 bits per heavy atom. The standard InChI is InChI=1S/C21H24FN/c1-3-7-21-15-14-20(16-23-21)19-12-10-18(11-13-19)9-6-4-5-8-17(2)22/h3,6,9-17H,1,4-5,7-8H2,2H3/b9-6+. The van der Waals surface area contributed by atoms with E-state index in [4.69, 9.17) is 0 Å². The van der Waals surface area contributed by atoms with Crippen molar-refractivity contribution < 1.29 is 4.39 Å². The monoisotopic (exact) mass is 309 g/mol. The number of alkyl halides is 1. The topological polar surface area (TPSA) is 12.9 Å². The molecule has 2 rings (SSSR count). The Balaban J connectivity index is 1.93. The SMILES string of the molecule is C=CCc1ccc(-c2ccc(/C=C/CCCC(C)F)cc2)cn1. The Bertz CT molecular complexity index is 624. The lowest BCUT2D eigenvalue weighted by atomic mass is 10.0. The molecule has 0 N–H and O–H groups in total. The first-order valence-corrected chi connectivity index (χ1v) is 8.16. The fraction of sp³-hybridized carbons (Fsp3) is 0.286. The summed E-state index contributed by atoms with van der Waals surface area (Å²) >= 11 is 0. The molecule has 1 atom stereocenters. The van der Waals surface area contributed by atoms with E-state index in [1.807, 2.05) is 18.3 Å². The number of unbranched alkanes of at least 4 members (excludes halogenated alkanes) is 1. The van der Waals surface area contributed by atoms with Crippen LogP contribution in [0.4, 0.5) is 4.39 Å². The lowest BCUT2D eigenvalue weighted by Crippen LogP contribution is -1.90. The summed E-state index contributed by atoms with van der Waals surface area (Å²) in [6.45, 7) is 5.34. The third-order valence-electron chi connectivity index (χ3n) is 3.71. The molecule has 2 heteroatoms. The van der Waals surface area contributed by atoms with E-state index < -0.39 is 6.17 Å². The molecule has 120 valence electrons. The summed E-state index contributed by atoms with van der Waals surface area (Å²) < 4.78 is 12.7. The number of allylic oxidation sites excluding steroid dienone is 2. The lowest BCUT2D eigenvalue weighted by Gasteiger charge is -2.03. The Hall–Kier alpha value is -2.22. The average molecular weight is 309 g/mol. The second-order valence-corrected chi connectivity index (χ2v) is 5.77. The number of hydrogen-bond donors (Lipinski definition) is 0. The predicted molar refractivity (Wildman–Crippen MR) is 97.0 cm³/mol. The van der Waals surface area contributed by atoms with Gasteiger partial charge in [0.25, 0.3) is 0 Å². The van der Waals surface area contributed by atoms with Gasteiger partial charge in [0.15, 0.2) is 0 Å². The minimum absolute atomic E-state index is 0.637. The van der Waals surface area contributed by atoms with Crippen molar-refractivity contribution in [1.82, 2.24) is 4.98 Å². The number of aromatic nitrogens is 1. The number of nitrogens with zero attached hydrogens (tertiary/aromatic N) is 1. The van der Waals surface area contributed by atoms with Crippen LogP contribution in [0.25, 0.3) is 17.2 Å². The Morgan fingerprint density at radius 3 is 2.48 bits per heavy atom. The molecule has 0 amide bonds. The zero-order valence-corrected chi connectivity index (χ0v) is 13.7. The molecule has 0 aliphatic carbocycles. The highest BCUT2D eigenvalue weighted by Crippen LogP contribution is 2.20. The molecule has 0 radical (unpaired) electrons. The first-order valence-electron chi connectivity index (χ1n) is 8.16. The van der Waals surface area contributed by atoms with E-state index in [2.05, 4.69) is 54.0 Å². The van der Waals surface area contributed by atoms with E-state index in [1.165, 1.54) is 5.56 Å². The van der Waals surface area contributed by atoms with Crippen molar-refractivity contribution >= 4 is 6.08 Å². The number of pyridine rings is 1. The molecule has 0 aliphatic rings. The molecule has 0 fully saturated rings. The predicted octanol–water partition coefficient (Wildman–Crippen LogP) is 6.02. The molecule has 0 saturated carbocycles. The average Bonchev–Trinajstić information content (AvgIpc) is 2.56. The van der Waals surface area contributed by atoms with E-state index in [0.29, 0.717) is 6.42 Å². The van der Waals surface area contributed by atoms with Crippen molar-refractivity contribution in [3.05, 3.63) is 72.6 Å². The van der Waals surface area contributed by atoms with E-state index in [1.54, 1.807) is 6.92 Å². The maximum atomic E-state index is 12.7. The highest BCUT2D eigenvalue weighted by Gasteiger charge is 1.99. The molecule has 2 aromatic rings. The van der Waals surface area contributed by atoms with Gasteiger partial charge in [-0.3, -0.25) is 4.98 Å². The molecule has 0 aliphatic heterocycles.